The zero-order chi connectivity index (χ0) is 10.0. The largest absolute Gasteiger partial charge is 0.379 e. The molecule has 0 aromatic rings. The molecule has 3 heteroatoms. The molecule has 1 aliphatic carbocycles. The van der Waals surface area contributed by atoms with Gasteiger partial charge in [0.25, 0.3) is 0 Å². The van der Waals surface area contributed by atoms with Crippen molar-refractivity contribution in [2.45, 2.75) is 44.1 Å². The molecule has 0 aromatic heterocycles. The molecule has 0 spiro atoms. The van der Waals surface area contributed by atoms with Crippen LogP contribution < -0.4 is 5.73 Å². The third-order valence-corrected chi connectivity index (χ3v) is 3.52. The molecule has 2 N–H and O–H groups in total. The molecule has 2 aliphatic rings. The van der Waals surface area contributed by atoms with Crippen molar-refractivity contribution < 1.29 is 9.53 Å². The lowest BCUT2D eigenvalue weighted by molar-refractivity contribution is -0.129. The molecule has 0 radical (unpaired) electrons. The molecule has 2 fully saturated rings. The lowest BCUT2D eigenvalue weighted by Crippen LogP contribution is -2.51. The molecule has 1 saturated heterocycles. The molecule has 0 amide bonds. The smallest absolute Gasteiger partial charge is 0.158 e. The van der Waals surface area contributed by atoms with Crippen LogP contribution in [0.2, 0.25) is 0 Å². The summed E-state index contributed by atoms with van der Waals surface area (Å²) in [6.07, 6.45) is 6.44. The maximum Gasteiger partial charge on any atom is 0.158 e. The molecule has 3 nitrogen and oxygen atoms in total. The molecule has 0 bridgehead atoms. The molecule has 80 valence electrons. The van der Waals surface area contributed by atoms with Gasteiger partial charge in [0.1, 0.15) is 5.54 Å². The Bertz CT molecular complexity index is 215. The van der Waals surface area contributed by atoms with Crippen LogP contribution in [0.25, 0.3) is 0 Å². The van der Waals surface area contributed by atoms with Crippen molar-refractivity contribution in [3.05, 3.63) is 0 Å². The summed E-state index contributed by atoms with van der Waals surface area (Å²) < 4.78 is 5.23. The fourth-order valence-corrected chi connectivity index (χ4v) is 2.55. The van der Waals surface area contributed by atoms with Crippen LogP contribution in [0.4, 0.5) is 0 Å². The number of hydrogen-bond donors (Lipinski definition) is 1. The first kappa shape index (κ1) is 10.1. The molecule has 2 rings (SSSR count). The highest BCUT2D eigenvalue weighted by Gasteiger charge is 2.41. The highest BCUT2D eigenvalue weighted by molar-refractivity contribution is 5.90. The summed E-state index contributed by atoms with van der Waals surface area (Å²) in [4.78, 5) is 12.1. The first-order valence-electron chi connectivity index (χ1n) is 5.63. The number of hydrogen-bond acceptors (Lipinski definition) is 3. The number of Topliss-reactive ketones (excluding diaryl/α,β-unsaturated/α-hetero) is 1. The van der Waals surface area contributed by atoms with Gasteiger partial charge in [-0.15, -0.1) is 0 Å². The Kier molecular flexibility index (Phi) is 2.88. The average Bonchev–Trinajstić information content (AvgIpc) is 2.67. The van der Waals surface area contributed by atoms with Crippen molar-refractivity contribution in [2.75, 3.05) is 13.2 Å². The molecule has 1 saturated carbocycles. The fourth-order valence-electron chi connectivity index (χ4n) is 2.55. The second-order valence-corrected chi connectivity index (χ2v) is 4.66. The quantitative estimate of drug-likeness (QED) is 0.725. The Balaban J connectivity index is 1.98. The Morgan fingerprint density at radius 2 is 2.00 bits per heavy atom. The summed E-state index contributed by atoms with van der Waals surface area (Å²) in [5.74, 6) is 0.477. The number of carbonyl (C=O) groups excluding carboxylic acids is 1. The molecule has 1 unspecified atom stereocenters. The highest BCUT2D eigenvalue weighted by atomic mass is 16.5. The third-order valence-electron chi connectivity index (χ3n) is 3.52. The molecule has 1 heterocycles. The summed E-state index contributed by atoms with van der Waals surface area (Å²) in [5.41, 5.74) is 5.41. The Hall–Kier alpha value is -0.410. The van der Waals surface area contributed by atoms with Gasteiger partial charge in [0.15, 0.2) is 5.78 Å². The number of rotatable bonds is 2. The summed E-state index contributed by atoms with van der Waals surface area (Å²) >= 11 is 0. The topological polar surface area (TPSA) is 52.3 Å². The Labute approximate surface area is 85.0 Å². The van der Waals surface area contributed by atoms with E-state index in [1.807, 2.05) is 0 Å². The van der Waals surface area contributed by atoms with Crippen molar-refractivity contribution >= 4 is 5.78 Å². The van der Waals surface area contributed by atoms with Crippen LogP contribution in [0.15, 0.2) is 0 Å². The number of nitrogens with two attached hydrogens (primary N) is 1. The number of ketones is 1. The second-order valence-electron chi connectivity index (χ2n) is 4.66. The van der Waals surface area contributed by atoms with Gasteiger partial charge in [0, 0.05) is 12.5 Å². The Morgan fingerprint density at radius 1 is 1.29 bits per heavy atom. The number of ether oxygens (including phenoxy) is 1. The van der Waals surface area contributed by atoms with E-state index < -0.39 is 5.54 Å². The minimum absolute atomic E-state index is 0.218. The van der Waals surface area contributed by atoms with Crippen LogP contribution in [0, 0.1) is 5.92 Å². The molecular weight excluding hydrogens is 178 g/mol. The van der Waals surface area contributed by atoms with E-state index in [9.17, 15) is 4.79 Å². The molecule has 1 atom stereocenters. The van der Waals surface area contributed by atoms with E-state index in [1.165, 1.54) is 19.3 Å². The zero-order valence-corrected chi connectivity index (χ0v) is 8.63. The predicted molar refractivity (Wildman–Crippen MR) is 53.9 cm³/mol. The van der Waals surface area contributed by atoms with E-state index in [2.05, 4.69) is 0 Å². The minimum Gasteiger partial charge on any atom is -0.379 e. The van der Waals surface area contributed by atoms with E-state index in [0.717, 1.165) is 12.8 Å². The van der Waals surface area contributed by atoms with E-state index in [1.54, 1.807) is 0 Å². The van der Waals surface area contributed by atoms with Gasteiger partial charge >= 0.3 is 0 Å². The predicted octanol–water partition coefficient (Wildman–Crippen LogP) is 1.25. The van der Waals surface area contributed by atoms with Crippen LogP contribution >= 0.6 is 0 Å². The lowest BCUT2D eigenvalue weighted by atomic mass is 9.78. The maximum absolute atomic E-state index is 12.1. The van der Waals surface area contributed by atoms with Crippen molar-refractivity contribution in [1.82, 2.24) is 0 Å². The van der Waals surface area contributed by atoms with Gasteiger partial charge < -0.3 is 10.5 Å². The molecule has 0 aromatic carbocycles. The standard InChI is InChI=1S/C11H19NO2/c12-11(6-7-14-8-11)10(13)9-4-2-1-3-5-9/h9H,1-8,12H2. The lowest BCUT2D eigenvalue weighted by Gasteiger charge is -2.28. The van der Waals surface area contributed by atoms with Crippen LogP contribution in [-0.2, 0) is 9.53 Å². The summed E-state index contributed by atoms with van der Waals surface area (Å²) in [5, 5.41) is 0. The molecular formula is C11H19NO2. The summed E-state index contributed by atoms with van der Waals surface area (Å²) in [6, 6.07) is 0. The van der Waals surface area contributed by atoms with E-state index in [4.69, 9.17) is 10.5 Å². The van der Waals surface area contributed by atoms with Gasteiger partial charge in [-0.25, -0.2) is 0 Å². The van der Waals surface area contributed by atoms with E-state index in [-0.39, 0.29) is 11.7 Å². The average molecular weight is 197 g/mol. The van der Waals surface area contributed by atoms with E-state index >= 15 is 0 Å². The SMILES string of the molecule is NC1(C(=O)C2CCCCC2)CCOC1. The summed E-state index contributed by atoms with van der Waals surface area (Å²) in [6.45, 7) is 1.08. The van der Waals surface area contributed by atoms with Crippen LogP contribution in [0.3, 0.4) is 0 Å². The third kappa shape index (κ3) is 1.84. The fraction of sp³-hybridized carbons (Fsp3) is 0.909. The monoisotopic (exact) mass is 197 g/mol. The van der Waals surface area contributed by atoms with Gasteiger partial charge in [-0.3, -0.25) is 4.79 Å². The van der Waals surface area contributed by atoms with Crippen LogP contribution in [0.5, 0.6) is 0 Å². The maximum atomic E-state index is 12.1. The van der Waals surface area contributed by atoms with Crippen molar-refractivity contribution in [3.63, 3.8) is 0 Å². The Morgan fingerprint density at radius 3 is 2.57 bits per heavy atom. The minimum atomic E-state index is -0.651. The van der Waals surface area contributed by atoms with E-state index in [0.29, 0.717) is 19.6 Å². The second kappa shape index (κ2) is 3.99. The normalized spacial score (nSPS) is 34.6. The summed E-state index contributed by atoms with van der Waals surface area (Å²) in [7, 11) is 0. The van der Waals surface area contributed by atoms with Crippen LogP contribution in [0.1, 0.15) is 38.5 Å². The molecule has 14 heavy (non-hydrogen) atoms. The van der Waals surface area contributed by atoms with Gasteiger partial charge in [0.2, 0.25) is 0 Å². The van der Waals surface area contributed by atoms with Gasteiger partial charge in [0.05, 0.1) is 6.61 Å². The van der Waals surface area contributed by atoms with Gasteiger partial charge in [-0.2, -0.15) is 0 Å². The zero-order valence-electron chi connectivity index (χ0n) is 8.63. The van der Waals surface area contributed by atoms with Gasteiger partial charge in [-0.05, 0) is 19.3 Å². The first-order chi connectivity index (χ1) is 6.72. The van der Waals surface area contributed by atoms with Gasteiger partial charge in [-0.1, -0.05) is 19.3 Å². The van der Waals surface area contributed by atoms with Crippen molar-refractivity contribution in [1.29, 1.82) is 0 Å². The van der Waals surface area contributed by atoms with Crippen molar-refractivity contribution in [3.8, 4) is 0 Å². The van der Waals surface area contributed by atoms with Crippen molar-refractivity contribution in [2.24, 2.45) is 11.7 Å². The molecule has 1 aliphatic heterocycles. The first-order valence-corrected chi connectivity index (χ1v) is 5.63. The van der Waals surface area contributed by atoms with Crippen LogP contribution in [-0.4, -0.2) is 24.5 Å². The highest BCUT2D eigenvalue weighted by Crippen LogP contribution is 2.30. The number of carbonyl (C=O) groups is 1.